The van der Waals surface area contributed by atoms with Crippen molar-refractivity contribution in [1.82, 2.24) is 15.2 Å². The summed E-state index contributed by atoms with van der Waals surface area (Å²) in [6, 6.07) is 0. The summed E-state index contributed by atoms with van der Waals surface area (Å²) in [7, 11) is 0. The largest absolute Gasteiger partial charge is 0.252 e. The minimum atomic E-state index is 0.476. The predicted octanol–water partition coefficient (Wildman–Crippen LogP) is 2.27. The molecule has 1 heterocycles. The molecule has 1 N–H and O–H groups in total. The lowest BCUT2D eigenvalue weighted by Crippen LogP contribution is -1.94. The Hall–Kier alpha value is -0.770. The van der Waals surface area contributed by atoms with Gasteiger partial charge in [-0.05, 0) is 25.1 Å². The lowest BCUT2D eigenvalue weighted by Gasteiger charge is -1.97. The number of nitrogens with zero attached hydrogens (tertiary/aromatic N) is 2. The normalized spacial score (nSPS) is 10.1. The zero-order valence-corrected chi connectivity index (χ0v) is 8.02. The van der Waals surface area contributed by atoms with Crippen LogP contribution in [0.3, 0.4) is 0 Å². The molecule has 4 heteroatoms. The zero-order valence-electron chi connectivity index (χ0n) is 7.21. The molecule has 0 aliphatic heterocycles. The van der Waals surface area contributed by atoms with Gasteiger partial charge in [-0.15, -0.1) is 0 Å². The Morgan fingerprint density at radius 1 is 1.50 bits per heavy atom. The van der Waals surface area contributed by atoms with E-state index in [1.165, 1.54) is 19.3 Å². The number of H-pyrrole nitrogens is 1. The lowest BCUT2D eigenvalue weighted by molar-refractivity contribution is 0.698. The molecule has 0 radical (unpaired) electrons. The van der Waals surface area contributed by atoms with Gasteiger partial charge in [0.15, 0.2) is 0 Å². The first-order chi connectivity index (χ1) is 5.83. The highest BCUT2D eigenvalue weighted by molar-refractivity contribution is 7.71. The van der Waals surface area contributed by atoms with Gasteiger partial charge in [0.1, 0.15) is 0 Å². The molecule has 0 spiro atoms. The third kappa shape index (κ3) is 3.09. The van der Waals surface area contributed by atoms with Crippen LogP contribution in [0.5, 0.6) is 0 Å². The van der Waals surface area contributed by atoms with Crippen LogP contribution in [0, 0.1) is 4.77 Å². The van der Waals surface area contributed by atoms with Crippen molar-refractivity contribution < 1.29 is 0 Å². The second-order valence-electron chi connectivity index (χ2n) is 2.74. The molecule has 0 bridgehead atoms. The quantitative estimate of drug-likeness (QED) is 0.575. The summed E-state index contributed by atoms with van der Waals surface area (Å²) in [5.41, 5.74) is 0.993. The summed E-state index contributed by atoms with van der Waals surface area (Å²) in [6.45, 7) is 2.18. The van der Waals surface area contributed by atoms with E-state index in [1.807, 2.05) is 0 Å². The second kappa shape index (κ2) is 4.98. The van der Waals surface area contributed by atoms with Crippen molar-refractivity contribution in [3.05, 3.63) is 16.7 Å². The Morgan fingerprint density at radius 3 is 3.00 bits per heavy atom. The fraction of sp³-hybridized carbons (Fsp3) is 0.625. The standard InChI is InChI=1S/C8H13N3S/c1-2-3-4-5-7-6-9-11-8(12)10-7/h6H,2-5H2,1H3,(H,10,11,12). The van der Waals surface area contributed by atoms with Gasteiger partial charge >= 0.3 is 0 Å². The molecule has 1 aromatic heterocycles. The highest BCUT2D eigenvalue weighted by Gasteiger charge is 1.93. The summed E-state index contributed by atoms with van der Waals surface area (Å²) < 4.78 is 0.476. The molecular weight excluding hydrogens is 170 g/mol. The third-order valence-corrected chi connectivity index (χ3v) is 1.84. The Kier molecular flexibility index (Phi) is 3.87. The van der Waals surface area contributed by atoms with E-state index in [1.54, 1.807) is 6.20 Å². The van der Waals surface area contributed by atoms with Crippen molar-refractivity contribution >= 4 is 12.2 Å². The average Bonchev–Trinajstić information content (AvgIpc) is 2.05. The van der Waals surface area contributed by atoms with Gasteiger partial charge in [0, 0.05) is 0 Å². The van der Waals surface area contributed by atoms with E-state index >= 15 is 0 Å². The van der Waals surface area contributed by atoms with Crippen LogP contribution >= 0.6 is 12.2 Å². The molecule has 12 heavy (non-hydrogen) atoms. The number of aromatic nitrogens is 3. The maximum absolute atomic E-state index is 4.85. The van der Waals surface area contributed by atoms with Crippen molar-refractivity contribution in [3.63, 3.8) is 0 Å². The summed E-state index contributed by atoms with van der Waals surface area (Å²) in [6.07, 6.45) is 6.37. The van der Waals surface area contributed by atoms with E-state index in [-0.39, 0.29) is 0 Å². The van der Waals surface area contributed by atoms with E-state index in [0.29, 0.717) is 4.77 Å². The first-order valence-electron chi connectivity index (χ1n) is 4.23. The molecule has 0 saturated carbocycles. The van der Waals surface area contributed by atoms with E-state index in [2.05, 4.69) is 22.1 Å². The molecule has 0 atom stereocenters. The number of nitrogens with one attached hydrogen (secondary N) is 1. The highest BCUT2D eigenvalue weighted by atomic mass is 32.1. The third-order valence-electron chi connectivity index (χ3n) is 1.66. The van der Waals surface area contributed by atoms with E-state index in [0.717, 1.165) is 12.1 Å². The van der Waals surface area contributed by atoms with Crippen LogP contribution in [-0.4, -0.2) is 15.2 Å². The maximum atomic E-state index is 4.85. The van der Waals surface area contributed by atoms with Crippen LogP contribution in [-0.2, 0) is 6.42 Å². The maximum Gasteiger partial charge on any atom is 0.213 e. The number of aryl methyl sites for hydroxylation is 1. The molecule has 1 rings (SSSR count). The first-order valence-corrected chi connectivity index (χ1v) is 4.64. The number of hydrogen-bond acceptors (Lipinski definition) is 3. The second-order valence-corrected chi connectivity index (χ2v) is 3.12. The van der Waals surface area contributed by atoms with Crippen molar-refractivity contribution in [2.24, 2.45) is 0 Å². The summed E-state index contributed by atoms with van der Waals surface area (Å²) in [5.74, 6) is 0. The first kappa shape index (κ1) is 9.32. The van der Waals surface area contributed by atoms with Crippen molar-refractivity contribution in [3.8, 4) is 0 Å². The van der Waals surface area contributed by atoms with Crippen molar-refractivity contribution in [1.29, 1.82) is 0 Å². The monoisotopic (exact) mass is 183 g/mol. The topological polar surface area (TPSA) is 41.6 Å². The number of aromatic amines is 1. The summed E-state index contributed by atoms with van der Waals surface area (Å²) in [4.78, 5) is 4.14. The van der Waals surface area contributed by atoms with Gasteiger partial charge in [0.25, 0.3) is 0 Å². The molecule has 66 valence electrons. The number of hydrogen-bond donors (Lipinski definition) is 1. The van der Waals surface area contributed by atoms with Gasteiger partial charge in [0.2, 0.25) is 4.77 Å². The molecule has 0 amide bonds. The van der Waals surface area contributed by atoms with Gasteiger partial charge in [0.05, 0.1) is 11.9 Å². The van der Waals surface area contributed by atoms with Crippen LogP contribution in [0.25, 0.3) is 0 Å². The minimum absolute atomic E-state index is 0.476. The lowest BCUT2D eigenvalue weighted by atomic mass is 10.2. The average molecular weight is 183 g/mol. The van der Waals surface area contributed by atoms with Gasteiger partial charge < -0.3 is 0 Å². The van der Waals surface area contributed by atoms with Gasteiger partial charge in [-0.2, -0.15) is 5.10 Å². The molecular formula is C8H13N3S. The SMILES string of the molecule is CCCCCc1cn[nH]c(=S)n1. The Balaban J connectivity index is 2.47. The fourth-order valence-electron chi connectivity index (χ4n) is 1.02. The fourth-order valence-corrected chi connectivity index (χ4v) is 1.19. The van der Waals surface area contributed by atoms with Crippen LogP contribution in [0.15, 0.2) is 6.20 Å². The Labute approximate surface area is 77.2 Å². The predicted molar refractivity (Wildman–Crippen MR) is 50.4 cm³/mol. The molecule has 0 unspecified atom stereocenters. The molecule has 0 aliphatic carbocycles. The smallest absolute Gasteiger partial charge is 0.213 e. The summed E-state index contributed by atoms with van der Waals surface area (Å²) >= 11 is 4.85. The number of rotatable bonds is 4. The van der Waals surface area contributed by atoms with Gasteiger partial charge in [-0.3, -0.25) is 5.10 Å². The highest BCUT2D eigenvalue weighted by Crippen LogP contribution is 2.01. The van der Waals surface area contributed by atoms with Crippen LogP contribution in [0.4, 0.5) is 0 Å². The minimum Gasteiger partial charge on any atom is -0.252 e. The van der Waals surface area contributed by atoms with E-state index in [4.69, 9.17) is 12.2 Å². The number of unbranched alkanes of at least 4 members (excludes halogenated alkanes) is 2. The Bertz CT molecular complexity index is 282. The van der Waals surface area contributed by atoms with Gasteiger partial charge in [-0.25, -0.2) is 4.98 Å². The van der Waals surface area contributed by atoms with E-state index in [9.17, 15) is 0 Å². The molecule has 0 aliphatic rings. The Morgan fingerprint density at radius 2 is 2.33 bits per heavy atom. The van der Waals surface area contributed by atoms with Crippen molar-refractivity contribution in [2.45, 2.75) is 32.6 Å². The van der Waals surface area contributed by atoms with E-state index < -0.39 is 0 Å². The summed E-state index contributed by atoms with van der Waals surface area (Å²) in [5, 5.41) is 6.49. The molecule has 0 aromatic carbocycles. The molecule has 1 aromatic rings. The van der Waals surface area contributed by atoms with Crippen LogP contribution < -0.4 is 0 Å². The molecule has 3 nitrogen and oxygen atoms in total. The van der Waals surface area contributed by atoms with Gasteiger partial charge in [-0.1, -0.05) is 19.8 Å². The van der Waals surface area contributed by atoms with Crippen molar-refractivity contribution in [2.75, 3.05) is 0 Å². The zero-order chi connectivity index (χ0) is 8.81. The van der Waals surface area contributed by atoms with Crippen LogP contribution in [0.1, 0.15) is 31.9 Å². The van der Waals surface area contributed by atoms with Crippen LogP contribution in [0.2, 0.25) is 0 Å². The molecule has 0 saturated heterocycles. The molecule has 0 fully saturated rings.